The molecule has 0 amide bonds. The summed E-state index contributed by atoms with van der Waals surface area (Å²) in [6.07, 6.45) is 3.10. The fraction of sp³-hybridized carbons (Fsp3) is 0.333. The molecule has 1 aromatic carbocycles. The molecule has 0 aromatic heterocycles. The van der Waals surface area contributed by atoms with Crippen LogP contribution < -0.4 is 4.74 Å². The van der Waals surface area contributed by atoms with Crippen LogP contribution in [0, 0.1) is 0 Å². The standard InChI is InChI=1S/C12H14O2/c1-2-14-12-8-5-7-11(10-12)6-3-4-9-13/h4-5,7-8,10H,2-3,6H2,1H3. The maximum absolute atomic E-state index is 9.96. The van der Waals surface area contributed by atoms with Gasteiger partial charge in [-0.15, -0.1) is 0 Å². The average Bonchev–Trinajstić information content (AvgIpc) is 2.19. The molecule has 0 heterocycles. The normalized spacial score (nSPS) is 9.21. The monoisotopic (exact) mass is 190 g/mol. The Morgan fingerprint density at radius 2 is 2.36 bits per heavy atom. The van der Waals surface area contributed by atoms with Crippen molar-refractivity contribution in [1.29, 1.82) is 0 Å². The Hall–Kier alpha value is -1.53. The minimum absolute atomic E-state index is 0.678. The van der Waals surface area contributed by atoms with Crippen LogP contribution in [-0.2, 0) is 11.2 Å². The fourth-order valence-corrected chi connectivity index (χ4v) is 1.26. The molecule has 2 heteroatoms. The smallest absolute Gasteiger partial charge is 0.120 e. The van der Waals surface area contributed by atoms with Gasteiger partial charge in [0.2, 0.25) is 0 Å². The van der Waals surface area contributed by atoms with E-state index < -0.39 is 0 Å². The maximum atomic E-state index is 9.96. The molecule has 0 fully saturated rings. The Kier molecular flexibility index (Phi) is 4.53. The van der Waals surface area contributed by atoms with E-state index in [0.29, 0.717) is 6.61 Å². The average molecular weight is 190 g/mol. The lowest BCUT2D eigenvalue weighted by atomic mass is 10.1. The zero-order chi connectivity index (χ0) is 10.2. The van der Waals surface area contributed by atoms with Gasteiger partial charge in [0, 0.05) is 6.08 Å². The van der Waals surface area contributed by atoms with Crippen molar-refractivity contribution in [3.8, 4) is 5.75 Å². The summed E-state index contributed by atoms with van der Waals surface area (Å²) >= 11 is 0. The minimum atomic E-state index is 0.678. The van der Waals surface area contributed by atoms with E-state index in [4.69, 9.17) is 4.74 Å². The SMILES string of the molecule is CCOc1cccc(CCC=C=O)c1. The molecular weight excluding hydrogens is 176 g/mol. The molecule has 0 radical (unpaired) electrons. The Morgan fingerprint density at radius 3 is 3.07 bits per heavy atom. The molecule has 2 nitrogen and oxygen atoms in total. The molecule has 0 aliphatic rings. The Morgan fingerprint density at radius 1 is 1.50 bits per heavy atom. The van der Waals surface area contributed by atoms with Crippen molar-refractivity contribution in [3.05, 3.63) is 35.9 Å². The molecule has 74 valence electrons. The second-order valence-electron chi connectivity index (χ2n) is 2.94. The largest absolute Gasteiger partial charge is 0.494 e. The first-order chi connectivity index (χ1) is 6.86. The number of aryl methyl sites for hydroxylation is 1. The molecule has 0 N–H and O–H groups in total. The molecule has 0 atom stereocenters. The van der Waals surface area contributed by atoms with Gasteiger partial charge in [-0.3, -0.25) is 0 Å². The highest BCUT2D eigenvalue weighted by Crippen LogP contribution is 2.14. The lowest BCUT2D eigenvalue weighted by molar-refractivity contribution is 0.340. The van der Waals surface area contributed by atoms with E-state index in [0.717, 1.165) is 18.6 Å². The van der Waals surface area contributed by atoms with E-state index in [1.54, 1.807) is 5.94 Å². The Bertz CT molecular complexity index is 325. The van der Waals surface area contributed by atoms with Gasteiger partial charge in [-0.1, -0.05) is 12.1 Å². The number of ether oxygens (including phenoxy) is 1. The number of allylic oxidation sites excluding steroid dienone is 1. The molecule has 0 spiro atoms. The third-order valence-electron chi connectivity index (χ3n) is 1.87. The van der Waals surface area contributed by atoms with Gasteiger partial charge in [0.1, 0.15) is 11.7 Å². The molecule has 0 saturated heterocycles. The molecule has 0 aliphatic heterocycles. The van der Waals surface area contributed by atoms with Crippen molar-refractivity contribution in [1.82, 2.24) is 0 Å². The molecule has 0 unspecified atom stereocenters. The fourth-order valence-electron chi connectivity index (χ4n) is 1.26. The van der Waals surface area contributed by atoms with Crippen molar-refractivity contribution < 1.29 is 9.53 Å². The molecule has 1 rings (SSSR count). The molecule has 1 aromatic rings. The third kappa shape index (κ3) is 3.46. The van der Waals surface area contributed by atoms with Crippen LogP contribution in [0.25, 0.3) is 0 Å². The Balaban J connectivity index is 2.58. The van der Waals surface area contributed by atoms with Crippen molar-refractivity contribution in [2.45, 2.75) is 19.8 Å². The van der Waals surface area contributed by atoms with Gasteiger partial charge >= 0.3 is 0 Å². The Labute approximate surface area is 84.2 Å². The van der Waals surface area contributed by atoms with Crippen LogP contribution in [-0.4, -0.2) is 12.5 Å². The van der Waals surface area contributed by atoms with Crippen LogP contribution in [0.5, 0.6) is 5.75 Å². The summed E-state index contributed by atoms with van der Waals surface area (Å²) in [5.74, 6) is 2.66. The number of carbonyl (C=O) groups excluding carboxylic acids is 1. The van der Waals surface area contributed by atoms with Crippen molar-refractivity contribution in [3.63, 3.8) is 0 Å². The second-order valence-corrected chi connectivity index (χ2v) is 2.94. The second kappa shape index (κ2) is 6.01. The van der Waals surface area contributed by atoms with Gasteiger partial charge in [-0.2, -0.15) is 0 Å². The summed E-state index contributed by atoms with van der Waals surface area (Å²) in [5, 5.41) is 0. The first-order valence-corrected chi connectivity index (χ1v) is 4.78. The van der Waals surface area contributed by atoms with Gasteiger partial charge in [0.05, 0.1) is 6.61 Å². The van der Waals surface area contributed by atoms with Crippen LogP contribution >= 0.6 is 0 Å². The summed E-state index contributed by atoms with van der Waals surface area (Å²) in [5.41, 5.74) is 1.18. The van der Waals surface area contributed by atoms with Gasteiger partial charge < -0.3 is 4.74 Å². The summed E-state index contributed by atoms with van der Waals surface area (Å²) in [6, 6.07) is 7.93. The van der Waals surface area contributed by atoms with E-state index in [2.05, 4.69) is 0 Å². The number of hydrogen-bond donors (Lipinski definition) is 0. The van der Waals surface area contributed by atoms with Crippen molar-refractivity contribution in [2.24, 2.45) is 0 Å². The third-order valence-corrected chi connectivity index (χ3v) is 1.87. The zero-order valence-corrected chi connectivity index (χ0v) is 8.32. The number of rotatable bonds is 5. The van der Waals surface area contributed by atoms with E-state index in [1.165, 1.54) is 11.6 Å². The quantitative estimate of drug-likeness (QED) is 0.666. The first-order valence-electron chi connectivity index (χ1n) is 4.78. The summed E-state index contributed by atoms with van der Waals surface area (Å²) < 4.78 is 5.37. The molecule has 14 heavy (non-hydrogen) atoms. The van der Waals surface area contributed by atoms with Crippen molar-refractivity contribution >= 4 is 5.94 Å². The molecule has 0 bridgehead atoms. The van der Waals surface area contributed by atoms with Crippen LogP contribution in [0.2, 0.25) is 0 Å². The van der Waals surface area contributed by atoms with Crippen LogP contribution in [0.3, 0.4) is 0 Å². The summed E-state index contributed by atoms with van der Waals surface area (Å²) in [6.45, 7) is 2.64. The summed E-state index contributed by atoms with van der Waals surface area (Å²) in [4.78, 5) is 9.96. The number of hydrogen-bond acceptors (Lipinski definition) is 2. The molecule has 0 saturated carbocycles. The van der Waals surface area contributed by atoms with E-state index >= 15 is 0 Å². The first kappa shape index (κ1) is 10.6. The van der Waals surface area contributed by atoms with Gasteiger partial charge in [-0.05, 0) is 37.5 Å². The van der Waals surface area contributed by atoms with Gasteiger partial charge in [0.15, 0.2) is 0 Å². The van der Waals surface area contributed by atoms with E-state index in [1.807, 2.05) is 31.2 Å². The van der Waals surface area contributed by atoms with Gasteiger partial charge in [-0.25, -0.2) is 4.79 Å². The minimum Gasteiger partial charge on any atom is -0.494 e. The van der Waals surface area contributed by atoms with Crippen molar-refractivity contribution in [2.75, 3.05) is 6.61 Å². The van der Waals surface area contributed by atoms with Crippen LogP contribution in [0.1, 0.15) is 18.9 Å². The highest BCUT2D eigenvalue weighted by molar-refractivity contribution is 5.44. The predicted molar refractivity (Wildman–Crippen MR) is 56.2 cm³/mol. The molecular formula is C12H14O2. The van der Waals surface area contributed by atoms with E-state index in [9.17, 15) is 4.79 Å². The highest BCUT2D eigenvalue weighted by atomic mass is 16.5. The zero-order valence-electron chi connectivity index (χ0n) is 8.32. The highest BCUT2D eigenvalue weighted by Gasteiger charge is 1.95. The van der Waals surface area contributed by atoms with E-state index in [-0.39, 0.29) is 0 Å². The number of benzene rings is 1. The molecule has 0 aliphatic carbocycles. The van der Waals surface area contributed by atoms with Gasteiger partial charge in [0.25, 0.3) is 0 Å². The maximum Gasteiger partial charge on any atom is 0.120 e. The van der Waals surface area contributed by atoms with Crippen LogP contribution in [0.4, 0.5) is 0 Å². The lowest BCUT2D eigenvalue weighted by Crippen LogP contribution is -1.92. The topological polar surface area (TPSA) is 26.3 Å². The van der Waals surface area contributed by atoms with Crippen LogP contribution in [0.15, 0.2) is 30.3 Å². The summed E-state index contributed by atoms with van der Waals surface area (Å²) in [7, 11) is 0. The predicted octanol–water partition coefficient (Wildman–Crippen LogP) is 2.41. The lowest BCUT2D eigenvalue weighted by Gasteiger charge is -2.04.